The molecule has 2 aromatic carbocycles. The van der Waals surface area contributed by atoms with Crippen molar-refractivity contribution in [1.82, 2.24) is 5.32 Å². The zero-order valence-corrected chi connectivity index (χ0v) is 14.6. The van der Waals surface area contributed by atoms with Crippen molar-refractivity contribution in [3.8, 4) is 0 Å². The Morgan fingerprint density at radius 3 is 2.17 bits per heavy atom. The molecule has 0 aliphatic carbocycles. The van der Waals surface area contributed by atoms with Crippen molar-refractivity contribution in [1.29, 1.82) is 0 Å². The minimum atomic E-state index is -3.33. The molecule has 0 saturated heterocycles. The van der Waals surface area contributed by atoms with Gasteiger partial charge in [0.1, 0.15) is 5.75 Å². The second-order valence-corrected chi connectivity index (χ2v) is 8.08. The number of rotatable bonds is 8. The summed E-state index contributed by atoms with van der Waals surface area (Å²) in [6.45, 7) is 1.55. The van der Waals surface area contributed by atoms with Gasteiger partial charge in [-0.15, -0.1) is 0 Å². The monoisotopic (exact) mass is 345 g/mol. The first-order valence-electron chi connectivity index (χ1n) is 8.09. The van der Waals surface area contributed by atoms with E-state index in [1.54, 1.807) is 6.92 Å². The van der Waals surface area contributed by atoms with Gasteiger partial charge in [-0.1, -0.05) is 67.6 Å². The number of carbonyl (C=O) groups is 1. The average Bonchev–Trinajstić information content (AvgIpc) is 2.60. The number of sulfone groups is 1. The Bertz CT molecular complexity index is 743. The zero-order chi connectivity index (χ0) is 17.4. The standard InChI is InChI=1S/C19H23NO3S/c1-2-24(22,23)15-19(21)20-18(17-11-7-4-8-12-17)14-13-16-9-5-3-6-10-16/h3-12,18H,2,13-15H2,1H3,(H,20,21)/t18-/m0/s1. The van der Waals surface area contributed by atoms with E-state index in [9.17, 15) is 13.2 Å². The van der Waals surface area contributed by atoms with Gasteiger partial charge >= 0.3 is 0 Å². The molecule has 1 N–H and O–H groups in total. The molecular formula is C19H23NO3S. The number of benzene rings is 2. The third kappa shape index (κ3) is 5.81. The summed E-state index contributed by atoms with van der Waals surface area (Å²) in [5, 5.41) is 2.88. The van der Waals surface area contributed by atoms with Crippen LogP contribution >= 0.6 is 0 Å². The Kier molecular flexibility index (Phi) is 6.55. The second-order valence-electron chi connectivity index (χ2n) is 5.73. The average molecular weight is 345 g/mol. The molecule has 24 heavy (non-hydrogen) atoms. The minimum absolute atomic E-state index is 0.0273. The molecule has 128 valence electrons. The van der Waals surface area contributed by atoms with Crippen LogP contribution in [0, 0.1) is 0 Å². The highest BCUT2D eigenvalue weighted by Gasteiger charge is 2.19. The van der Waals surface area contributed by atoms with Crippen LogP contribution < -0.4 is 5.32 Å². The van der Waals surface area contributed by atoms with Crippen molar-refractivity contribution in [3.05, 3.63) is 71.8 Å². The predicted molar refractivity (Wildman–Crippen MR) is 96.4 cm³/mol. The summed E-state index contributed by atoms with van der Waals surface area (Å²) in [5.74, 6) is -0.933. The van der Waals surface area contributed by atoms with Crippen LogP contribution in [-0.4, -0.2) is 25.8 Å². The van der Waals surface area contributed by atoms with E-state index in [1.807, 2.05) is 60.7 Å². The van der Waals surface area contributed by atoms with E-state index in [-0.39, 0.29) is 11.8 Å². The molecular weight excluding hydrogens is 322 g/mol. The van der Waals surface area contributed by atoms with Gasteiger partial charge in [0.15, 0.2) is 9.84 Å². The van der Waals surface area contributed by atoms with Gasteiger partial charge in [0.2, 0.25) is 5.91 Å². The predicted octanol–water partition coefficient (Wildman–Crippen LogP) is 2.91. The maximum Gasteiger partial charge on any atom is 0.235 e. The van der Waals surface area contributed by atoms with E-state index in [0.717, 1.165) is 12.0 Å². The Hall–Kier alpha value is -2.14. The summed E-state index contributed by atoms with van der Waals surface area (Å²) in [6.07, 6.45) is 1.52. The molecule has 2 rings (SSSR count). The van der Waals surface area contributed by atoms with Gasteiger partial charge in [-0.3, -0.25) is 4.79 Å². The van der Waals surface area contributed by atoms with Crippen LogP contribution in [0.4, 0.5) is 0 Å². The molecule has 2 aromatic rings. The van der Waals surface area contributed by atoms with Crippen molar-refractivity contribution in [3.63, 3.8) is 0 Å². The molecule has 0 heterocycles. The topological polar surface area (TPSA) is 63.2 Å². The number of hydrogen-bond donors (Lipinski definition) is 1. The molecule has 1 amide bonds. The highest BCUT2D eigenvalue weighted by atomic mass is 32.2. The lowest BCUT2D eigenvalue weighted by molar-refractivity contribution is -0.119. The van der Waals surface area contributed by atoms with Crippen LogP contribution in [0.5, 0.6) is 0 Å². The summed E-state index contributed by atoms with van der Waals surface area (Å²) >= 11 is 0. The fourth-order valence-corrected chi connectivity index (χ4v) is 3.19. The molecule has 4 nitrogen and oxygen atoms in total. The molecule has 0 aliphatic heterocycles. The molecule has 0 saturated carbocycles. The van der Waals surface area contributed by atoms with Crippen molar-refractivity contribution >= 4 is 15.7 Å². The van der Waals surface area contributed by atoms with Crippen molar-refractivity contribution in [2.75, 3.05) is 11.5 Å². The molecule has 0 radical (unpaired) electrons. The van der Waals surface area contributed by atoms with E-state index in [1.165, 1.54) is 5.56 Å². The lowest BCUT2D eigenvalue weighted by atomic mass is 9.99. The van der Waals surface area contributed by atoms with E-state index >= 15 is 0 Å². The summed E-state index contributed by atoms with van der Waals surface area (Å²) in [5.41, 5.74) is 2.17. The SMILES string of the molecule is CCS(=O)(=O)CC(=O)N[C@@H](CCc1ccccc1)c1ccccc1. The third-order valence-electron chi connectivity index (χ3n) is 3.89. The van der Waals surface area contributed by atoms with Crippen LogP contribution in [0.25, 0.3) is 0 Å². The lowest BCUT2D eigenvalue weighted by Gasteiger charge is -2.19. The summed E-state index contributed by atoms with van der Waals surface area (Å²) < 4.78 is 23.3. The summed E-state index contributed by atoms with van der Waals surface area (Å²) in [7, 11) is -3.33. The van der Waals surface area contributed by atoms with Crippen LogP contribution in [0.2, 0.25) is 0 Å². The van der Waals surface area contributed by atoms with Crippen LogP contribution in [0.15, 0.2) is 60.7 Å². The van der Waals surface area contributed by atoms with E-state index in [0.29, 0.717) is 6.42 Å². The maximum absolute atomic E-state index is 12.1. The molecule has 0 aromatic heterocycles. The maximum atomic E-state index is 12.1. The first-order chi connectivity index (χ1) is 11.5. The molecule has 0 spiro atoms. The van der Waals surface area contributed by atoms with Crippen molar-refractivity contribution in [2.24, 2.45) is 0 Å². The van der Waals surface area contributed by atoms with Crippen LogP contribution in [-0.2, 0) is 21.1 Å². The first-order valence-corrected chi connectivity index (χ1v) is 9.91. The summed E-state index contributed by atoms with van der Waals surface area (Å²) in [4.78, 5) is 12.1. The fraction of sp³-hybridized carbons (Fsp3) is 0.316. The van der Waals surface area contributed by atoms with E-state index in [4.69, 9.17) is 0 Å². The smallest absolute Gasteiger partial charge is 0.235 e. The van der Waals surface area contributed by atoms with Gasteiger partial charge in [-0.05, 0) is 24.0 Å². The van der Waals surface area contributed by atoms with Crippen LogP contribution in [0.1, 0.15) is 30.5 Å². The van der Waals surface area contributed by atoms with Crippen molar-refractivity contribution in [2.45, 2.75) is 25.8 Å². The number of nitrogens with one attached hydrogen (secondary N) is 1. The van der Waals surface area contributed by atoms with Gasteiger partial charge in [-0.2, -0.15) is 0 Å². The Balaban J connectivity index is 2.07. The largest absolute Gasteiger partial charge is 0.348 e. The quantitative estimate of drug-likeness (QED) is 0.800. The van der Waals surface area contributed by atoms with Gasteiger partial charge in [-0.25, -0.2) is 8.42 Å². The van der Waals surface area contributed by atoms with Crippen LogP contribution in [0.3, 0.4) is 0 Å². The number of aryl methyl sites for hydroxylation is 1. The molecule has 0 fully saturated rings. The van der Waals surface area contributed by atoms with Gasteiger partial charge < -0.3 is 5.32 Å². The lowest BCUT2D eigenvalue weighted by Crippen LogP contribution is -2.34. The Morgan fingerprint density at radius 1 is 1.00 bits per heavy atom. The second kappa shape index (κ2) is 8.64. The third-order valence-corrected chi connectivity index (χ3v) is 5.47. The number of hydrogen-bond acceptors (Lipinski definition) is 3. The molecule has 0 bridgehead atoms. The zero-order valence-electron chi connectivity index (χ0n) is 13.8. The number of amides is 1. The van der Waals surface area contributed by atoms with Gasteiger partial charge in [0.25, 0.3) is 0 Å². The highest BCUT2D eigenvalue weighted by Crippen LogP contribution is 2.19. The van der Waals surface area contributed by atoms with E-state index in [2.05, 4.69) is 5.32 Å². The molecule has 0 aliphatic rings. The number of carbonyl (C=O) groups excluding carboxylic acids is 1. The highest BCUT2D eigenvalue weighted by molar-refractivity contribution is 7.92. The molecule has 5 heteroatoms. The van der Waals surface area contributed by atoms with Gasteiger partial charge in [0.05, 0.1) is 6.04 Å². The fourth-order valence-electron chi connectivity index (χ4n) is 2.50. The molecule has 1 atom stereocenters. The molecule has 0 unspecified atom stereocenters. The minimum Gasteiger partial charge on any atom is -0.348 e. The van der Waals surface area contributed by atoms with Gasteiger partial charge in [0, 0.05) is 5.75 Å². The van der Waals surface area contributed by atoms with E-state index < -0.39 is 21.5 Å². The Labute approximate surface area is 143 Å². The summed E-state index contributed by atoms with van der Waals surface area (Å²) in [6, 6.07) is 19.5. The Morgan fingerprint density at radius 2 is 1.58 bits per heavy atom. The first kappa shape index (κ1) is 18.2. The normalized spacial score (nSPS) is 12.5. The van der Waals surface area contributed by atoms with Crippen molar-refractivity contribution < 1.29 is 13.2 Å².